The number of allylic oxidation sites excluding steroid dienone is 2. The number of aliphatic imine (C=N–C) groups is 1. The summed E-state index contributed by atoms with van der Waals surface area (Å²) in [5, 5.41) is 17.9. The number of unbranched alkanes of at least 4 members (excludes halogenated alkanes) is 1. The first-order valence-corrected chi connectivity index (χ1v) is 9.99. The lowest BCUT2D eigenvalue weighted by molar-refractivity contribution is 0.410. The molecule has 2 aliphatic rings. The molecule has 6 nitrogen and oxygen atoms in total. The van der Waals surface area contributed by atoms with Gasteiger partial charge in [0.2, 0.25) is 0 Å². The highest BCUT2D eigenvalue weighted by Crippen LogP contribution is 2.39. The Morgan fingerprint density at radius 2 is 2.12 bits per heavy atom. The summed E-state index contributed by atoms with van der Waals surface area (Å²) in [7, 11) is 0. The van der Waals surface area contributed by atoms with Gasteiger partial charge in [0.25, 0.3) is 0 Å². The van der Waals surface area contributed by atoms with E-state index in [0.29, 0.717) is 12.0 Å². The van der Waals surface area contributed by atoms with Crippen LogP contribution in [0.15, 0.2) is 35.1 Å². The summed E-state index contributed by atoms with van der Waals surface area (Å²) in [4.78, 5) is 4.86. The number of H-pyrrole nitrogens is 1. The fourth-order valence-electron chi connectivity index (χ4n) is 3.12. The maximum atomic E-state index is 4.86. The van der Waals surface area contributed by atoms with E-state index in [1.165, 1.54) is 18.5 Å². The Morgan fingerprint density at radius 3 is 2.81 bits per heavy atom. The molecule has 26 heavy (non-hydrogen) atoms. The van der Waals surface area contributed by atoms with E-state index in [4.69, 9.17) is 4.99 Å². The van der Waals surface area contributed by atoms with Crippen LogP contribution in [0.1, 0.15) is 64.0 Å². The Morgan fingerprint density at radius 1 is 1.31 bits per heavy atom. The summed E-state index contributed by atoms with van der Waals surface area (Å²) < 4.78 is 0. The van der Waals surface area contributed by atoms with Crippen molar-refractivity contribution in [3.63, 3.8) is 0 Å². The second kappa shape index (κ2) is 9.57. The highest BCUT2D eigenvalue weighted by molar-refractivity contribution is 6.03. The number of piperidine rings is 1. The lowest BCUT2D eigenvalue weighted by Crippen LogP contribution is -2.39. The molecule has 0 unspecified atom stereocenters. The topological polar surface area (TPSA) is 77.1 Å². The van der Waals surface area contributed by atoms with Crippen molar-refractivity contribution in [2.75, 3.05) is 18.4 Å². The van der Waals surface area contributed by atoms with Crippen LogP contribution in [0.5, 0.6) is 0 Å². The summed E-state index contributed by atoms with van der Waals surface area (Å²) in [6, 6.07) is 2.59. The molecule has 4 N–H and O–H groups in total. The first-order chi connectivity index (χ1) is 12.8. The lowest BCUT2D eigenvalue weighted by Gasteiger charge is -2.25. The van der Waals surface area contributed by atoms with Gasteiger partial charge in [-0.05, 0) is 64.3 Å². The standard InChI is InChI=1S/C20H32N6/c1-3-5-7-19(22-16-10-12-21-13-11-16)23-18(6-4-2)24-20-14-17(25-26-20)15-8-9-15/h4,6-7,14-16,21-22H,3,5,8-13H2,1-2H3,(H2,23,24,25,26)/b6-4-,19-7+. The van der Waals surface area contributed by atoms with Crippen LogP contribution in [0.4, 0.5) is 5.82 Å². The zero-order chi connectivity index (χ0) is 18.2. The van der Waals surface area contributed by atoms with Crippen LogP contribution in [-0.2, 0) is 0 Å². The molecule has 6 heteroatoms. The molecule has 0 aromatic carbocycles. The van der Waals surface area contributed by atoms with Crippen LogP contribution in [0.3, 0.4) is 0 Å². The Labute approximate surface area is 156 Å². The molecule has 142 valence electrons. The molecule has 0 amide bonds. The number of nitrogens with zero attached hydrogens (tertiary/aromatic N) is 2. The largest absolute Gasteiger partial charge is 0.367 e. The van der Waals surface area contributed by atoms with Gasteiger partial charge in [0.15, 0.2) is 5.82 Å². The van der Waals surface area contributed by atoms with Crippen LogP contribution in [0, 0.1) is 0 Å². The van der Waals surface area contributed by atoms with Gasteiger partial charge in [-0.15, -0.1) is 0 Å². The molecular formula is C20H32N6. The van der Waals surface area contributed by atoms with Crippen molar-refractivity contribution in [1.82, 2.24) is 20.8 Å². The van der Waals surface area contributed by atoms with Gasteiger partial charge in [0, 0.05) is 23.7 Å². The van der Waals surface area contributed by atoms with Crippen molar-refractivity contribution in [3.05, 3.63) is 35.8 Å². The fourth-order valence-corrected chi connectivity index (χ4v) is 3.12. The number of amidine groups is 1. The number of aromatic nitrogens is 2. The number of hydrogen-bond donors (Lipinski definition) is 4. The first-order valence-electron chi connectivity index (χ1n) is 9.99. The molecule has 1 aliphatic heterocycles. The van der Waals surface area contributed by atoms with Crippen LogP contribution in [-0.4, -0.2) is 35.2 Å². The van der Waals surface area contributed by atoms with Crippen LogP contribution in [0.2, 0.25) is 0 Å². The highest BCUT2D eigenvalue weighted by Gasteiger charge is 2.25. The lowest BCUT2D eigenvalue weighted by atomic mass is 10.1. The maximum Gasteiger partial charge on any atom is 0.153 e. The third-order valence-electron chi connectivity index (χ3n) is 4.75. The molecule has 1 saturated heterocycles. The number of anilines is 1. The summed E-state index contributed by atoms with van der Waals surface area (Å²) in [6.45, 7) is 6.34. The van der Waals surface area contributed by atoms with E-state index in [0.717, 1.165) is 56.2 Å². The molecule has 2 fully saturated rings. The van der Waals surface area contributed by atoms with E-state index < -0.39 is 0 Å². The third kappa shape index (κ3) is 5.73. The van der Waals surface area contributed by atoms with Crippen LogP contribution < -0.4 is 16.0 Å². The highest BCUT2D eigenvalue weighted by atomic mass is 15.2. The number of nitrogens with one attached hydrogen (secondary N) is 4. The van der Waals surface area contributed by atoms with Crippen LogP contribution >= 0.6 is 0 Å². The monoisotopic (exact) mass is 356 g/mol. The molecule has 0 spiro atoms. The summed E-state index contributed by atoms with van der Waals surface area (Å²) >= 11 is 0. The number of aromatic amines is 1. The SMILES string of the molecule is C\C=C/C(=N\C(=C\CCC)NC1CCNCC1)Nc1cc(C2CC2)[nH]n1. The molecule has 1 aromatic heterocycles. The van der Waals surface area contributed by atoms with Crippen molar-refractivity contribution in [2.45, 2.75) is 64.3 Å². The van der Waals surface area contributed by atoms with Gasteiger partial charge < -0.3 is 16.0 Å². The van der Waals surface area contributed by atoms with Crippen molar-refractivity contribution in [1.29, 1.82) is 0 Å². The average molecular weight is 357 g/mol. The zero-order valence-electron chi connectivity index (χ0n) is 16.0. The third-order valence-corrected chi connectivity index (χ3v) is 4.75. The Hall–Kier alpha value is -2.08. The number of hydrogen-bond acceptors (Lipinski definition) is 4. The van der Waals surface area contributed by atoms with Gasteiger partial charge in [-0.1, -0.05) is 19.4 Å². The zero-order valence-corrected chi connectivity index (χ0v) is 16.0. The molecule has 0 bridgehead atoms. The minimum atomic E-state index is 0.488. The first kappa shape index (κ1) is 18.7. The summed E-state index contributed by atoms with van der Waals surface area (Å²) in [5.41, 5.74) is 1.22. The smallest absolute Gasteiger partial charge is 0.153 e. The second-order valence-corrected chi connectivity index (χ2v) is 7.15. The molecule has 0 radical (unpaired) electrons. The Kier molecular flexibility index (Phi) is 6.89. The molecule has 1 aromatic rings. The molecule has 3 rings (SSSR count). The second-order valence-electron chi connectivity index (χ2n) is 7.15. The molecule has 1 saturated carbocycles. The van der Waals surface area contributed by atoms with Crippen molar-refractivity contribution in [3.8, 4) is 0 Å². The van der Waals surface area contributed by atoms with Crippen molar-refractivity contribution in [2.24, 2.45) is 4.99 Å². The quantitative estimate of drug-likeness (QED) is 0.423. The predicted molar refractivity (Wildman–Crippen MR) is 108 cm³/mol. The maximum absolute atomic E-state index is 4.86. The average Bonchev–Trinajstić information content (AvgIpc) is 3.40. The van der Waals surface area contributed by atoms with E-state index >= 15 is 0 Å². The van der Waals surface area contributed by atoms with Gasteiger partial charge in [-0.3, -0.25) is 5.10 Å². The summed E-state index contributed by atoms with van der Waals surface area (Å²) in [5.74, 6) is 3.27. The van der Waals surface area contributed by atoms with E-state index in [2.05, 4.69) is 45.2 Å². The predicted octanol–water partition coefficient (Wildman–Crippen LogP) is 3.66. The molecule has 2 heterocycles. The van der Waals surface area contributed by atoms with E-state index in [1.807, 2.05) is 19.1 Å². The normalized spacial score (nSPS) is 19.9. The minimum absolute atomic E-state index is 0.488. The van der Waals surface area contributed by atoms with Crippen molar-refractivity contribution < 1.29 is 0 Å². The summed E-state index contributed by atoms with van der Waals surface area (Å²) in [6.07, 6.45) is 13.1. The molecule has 1 aliphatic carbocycles. The van der Waals surface area contributed by atoms with Gasteiger partial charge >= 0.3 is 0 Å². The molecular weight excluding hydrogens is 324 g/mol. The van der Waals surface area contributed by atoms with Crippen molar-refractivity contribution >= 4 is 11.7 Å². The van der Waals surface area contributed by atoms with Gasteiger partial charge in [-0.2, -0.15) is 5.10 Å². The molecule has 0 atom stereocenters. The van der Waals surface area contributed by atoms with Gasteiger partial charge in [-0.25, -0.2) is 4.99 Å². The van der Waals surface area contributed by atoms with E-state index in [-0.39, 0.29) is 0 Å². The van der Waals surface area contributed by atoms with Gasteiger partial charge in [0.1, 0.15) is 11.7 Å². The van der Waals surface area contributed by atoms with Crippen LogP contribution in [0.25, 0.3) is 0 Å². The fraction of sp³-hybridized carbons (Fsp3) is 0.600. The Balaban J connectivity index is 1.70. The van der Waals surface area contributed by atoms with E-state index in [1.54, 1.807) is 0 Å². The number of rotatable bonds is 8. The minimum Gasteiger partial charge on any atom is -0.367 e. The van der Waals surface area contributed by atoms with E-state index in [9.17, 15) is 0 Å². The Bertz CT molecular complexity index is 647. The van der Waals surface area contributed by atoms with Gasteiger partial charge in [0.05, 0.1) is 0 Å².